The third kappa shape index (κ3) is 1.40. The standard InChI is InChI=1S/C19H19NO/c1-4-10-16-13(7-1)18-19(12-6-5-11-17(19)21-16)14-8-2-3-9-15(14)20-18/h1,4-7,10-12,14-15,17H,2-3,8-9H2. The zero-order chi connectivity index (χ0) is 13.9. The number of hydrogen-bond acceptors (Lipinski definition) is 2. The first-order valence-electron chi connectivity index (χ1n) is 8.10. The molecule has 0 amide bonds. The second kappa shape index (κ2) is 4.09. The highest BCUT2D eigenvalue weighted by atomic mass is 16.5. The van der Waals surface area contributed by atoms with Gasteiger partial charge in [0, 0.05) is 5.56 Å². The van der Waals surface area contributed by atoms with E-state index >= 15 is 0 Å². The number of nitrogens with zero attached hydrogens (tertiary/aromatic N) is 1. The van der Waals surface area contributed by atoms with E-state index in [0.717, 1.165) is 5.75 Å². The van der Waals surface area contributed by atoms with Crippen molar-refractivity contribution in [3.05, 3.63) is 54.1 Å². The van der Waals surface area contributed by atoms with E-state index in [1.54, 1.807) is 0 Å². The number of para-hydroxylation sites is 1. The number of ether oxygens (including phenoxy) is 1. The van der Waals surface area contributed by atoms with E-state index in [0.29, 0.717) is 12.0 Å². The Balaban J connectivity index is 1.76. The summed E-state index contributed by atoms with van der Waals surface area (Å²) in [4.78, 5) is 5.20. The summed E-state index contributed by atoms with van der Waals surface area (Å²) in [5.74, 6) is 1.61. The lowest BCUT2D eigenvalue weighted by molar-refractivity contribution is 0.0959. The molecule has 2 aliphatic carbocycles. The number of allylic oxidation sites excluding steroid dienone is 2. The minimum Gasteiger partial charge on any atom is -0.484 e. The van der Waals surface area contributed by atoms with E-state index in [2.05, 4.69) is 48.6 Å². The van der Waals surface area contributed by atoms with Crippen LogP contribution in [-0.2, 0) is 0 Å². The van der Waals surface area contributed by atoms with Crippen molar-refractivity contribution in [3.8, 4) is 5.75 Å². The highest BCUT2D eigenvalue weighted by Gasteiger charge is 2.58. The van der Waals surface area contributed by atoms with Crippen LogP contribution in [0.5, 0.6) is 5.75 Å². The van der Waals surface area contributed by atoms with Crippen LogP contribution in [0.2, 0.25) is 0 Å². The van der Waals surface area contributed by atoms with Crippen LogP contribution in [0.1, 0.15) is 31.2 Å². The molecule has 1 saturated carbocycles. The molecule has 1 aromatic rings. The normalized spacial score (nSPS) is 38.7. The summed E-state index contributed by atoms with van der Waals surface area (Å²) >= 11 is 0. The molecule has 5 rings (SSSR count). The van der Waals surface area contributed by atoms with Crippen molar-refractivity contribution < 1.29 is 4.74 Å². The van der Waals surface area contributed by atoms with Crippen molar-refractivity contribution >= 4 is 5.71 Å². The Kier molecular flexibility index (Phi) is 2.30. The van der Waals surface area contributed by atoms with Gasteiger partial charge in [-0.3, -0.25) is 4.99 Å². The highest BCUT2D eigenvalue weighted by molar-refractivity contribution is 6.11. The van der Waals surface area contributed by atoms with Gasteiger partial charge in [-0.25, -0.2) is 0 Å². The van der Waals surface area contributed by atoms with E-state index in [9.17, 15) is 0 Å². The van der Waals surface area contributed by atoms with Gasteiger partial charge in [0.2, 0.25) is 0 Å². The fourth-order valence-electron chi connectivity index (χ4n) is 4.80. The van der Waals surface area contributed by atoms with Gasteiger partial charge in [0.05, 0.1) is 17.2 Å². The Morgan fingerprint density at radius 1 is 1.10 bits per heavy atom. The maximum Gasteiger partial charge on any atom is 0.132 e. The molecule has 1 spiro atoms. The van der Waals surface area contributed by atoms with Crippen LogP contribution in [0.15, 0.2) is 53.6 Å². The second-order valence-corrected chi connectivity index (χ2v) is 6.65. The Bertz CT molecular complexity index is 687. The zero-order valence-corrected chi connectivity index (χ0v) is 12.0. The van der Waals surface area contributed by atoms with Crippen molar-refractivity contribution in [2.24, 2.45) is 16.3 Å². The molecule has 0 aromatic heterocycles. The predicted molar refractivity (Wildman–Crippen MR) is 83.9 cm³/mol. The summed E-state index contributed by atoms with van der Waals surface area (Å²) in [5.41, 5.74) is 2.48. The van der Waals surface area contributed by atoms with Crippen LogP contribution in [0, 0.1) is 11.3 Å². The summed E-state index contributed by atoms with van der Waals surface area (Å²) in [5, 5.41) is 0. The summed E-state index contributed by atoms with van der Waals surface area (Å²) in [6.07, 6.45) is 14.2. The predicted octanol–water partition coefficient (Wildman–Crippen LogP) is 3.92. The maximum absolute atomic E-state index is 6.37. The van der Waals surface area contributed by atoms with Gasteiger partial charge in [-0.2, -0.15) is 0 Å². The molecule has 0 saturated heterocycles. The maximum atomic E-state index is 6.37. The molecule has 0 N–H and O–H groups in total. The number of rotatable bonds is 0. The third-order valence-corrected chi connectivity index (χ3v) is 5.68. The molecule has 0 radical (unpaired) electrons. The lowest BCUT2D eigenvalue weighted by atomic mass is 9.60. The smallest absolute Gasteiger partial charge is 0.132 e. The Morgan fingerprint density at radius 2 is 2.00 bits per heavy atom. The average molecular weight is 277 g/mol. The van der Waals surface area contributed by atoms with Crippen molar-refractivity contribution in [2.75, 3.05) is 0 Å². The van der Waals surface area contributed by atoms with Crippen LogP contribution in [0.3, 0.4) is 0 Å². The highest BCUT2D eigenvalue weighted by Crippen LogP contribution is 2.55. The van der Waals surface area contributed by atoms with Crippen LogP contribution in [-0.4, -0.2) is 17.9 Å². The summed E-state index contributed by atoms with van der Waals surface area (Å²) in [6.45, 7) is 0. The van der Waals surface area contributed by atoms with Crippen molar-refractivity contribution in [1.82, 2.24) is 0 Å². The lowest BCUT2D eigenvalue weighted by Crippen LogP contribution is -2.51. The van der Waals surface area contributed by atoms with Crippen molar-refractivity contribution in [1.29, 1.82) is 0 Å². The molecule has 4 atom stereocenters. The Hall–Kier alpha value is -1.83. The van der Waals surface area contributed by atoms with Gasteiger partial charge in [0.25, 0.3) is 0 Å². The fraction of sp³-hybridized carbons (Fsp3) is 0.421. The Morgan fingerprint density at radius 3 is 3.00 bits per heavy atom. The summed E-state index contributed by atoms with van der Waals surface area (Å²) in [7, 11) is 0. The van der Waals surface area contributed by atoms with Gasteiger partial charge in [-0.05, 0) is 37.0 Å². The van der Waals surface area contributed by atoms with Crippen molar-refractivity contribution in [2.45, 2.75) is 37.8 Å². The molecule has 21 heavy (non-hydrogen) atoms. The molecular formula is C19H19NO. The molecule has 1 aromatic carbocycles. The topological polar surface area (TPSA) is 21.6 Å². The minimum atomic E-state index is -0.0197. The van der Waals surface area contributed by atoms with Gasteiger partial charge in [0.15, 0.2) is 0 Å². The Labute approximate surface area is 125 Å². The van der Waals surface area contributed by atoms with Crippen LogP contribution in [0.4, 0.5) is 0 Å². The van der Waals surface area contributed by atoms with Gasteiger partial charge >= 0.3 is 0 Å². The van der Waals surface area contributed by atoms with Crippen LogP contribution >= 0.6 is 0 Å². The van der Waals surface area contributed by atoms with Crippen LogP contribution in [0.25, 0.3) is 0 Å². The van der Waals surface area contributed by atoms with E-state index in [4.69, 9.17) is 9.73 Å². The van der Waals surface area contributed by atoms with E-state index in [1.165, 1.54) is 37.0 Å². The molecule has 2 nitrogen and oxygen atoms in total. The largest absolute Gasteiger partial charge is 0.484 e. The number of hydrogen-bond donors (Lipinski definition) is 0. The molecule has 4 aliphatic rings. The number of fused-ring (bicyclic) bond motifs is 3. The first-order valence-corrected chi connectivity index (χ1v) is 8.10. The fourth-order valence-corrected chi connectivity index (χ4v) is 4.80. The monoisotopic (exact) mass is 277 g/mol. The summed E-state index contributed by atoms with van der Waals surface area (Å²) in [6, 6.07) is 8.90. The quantitative estimate of drug-likeness (QED) is 0.704. The van der Waals surface area contributed by atoms with Gasteiger partial charge < -0.3 is 4.74 Å². The summed E-state index contributed by atoms with van der Waals surface area (Å²) < 4.78 is 6.37. The minimum absolute atomic E-state index is 0.0197. The van der Waals surface area contributed by atoms with E-state index in [-0.39, 0.29) is 11.5 Å². The molecule has 0 bridgehead atoms. The average Bonchev–Trinajstić information content (AvgIpc) is 2.88. The first kappa shape index (κ1) is 11.8. The molecule has 2 heteroatoms. The first-order chi connectivity index (χ1) is 10.4. The van der Waals surface area contributed by atoms with E-state index in [1.807, 2.05) is 0 Å². The molecule has 106 valence electrons. The van der Waals surface area contributed by atoms with Crippen molar-refractivity contribution in [3.63, 3.8) is 0 Å². The molecule has 2 aliphatic heterocycles. The second-order valence-electron chi connectivity index (χ2n) is 6.65. The molecule has 2 heterocycles. The SMILES string of the molecule is C1=CC2Oc3ccccc3C3=NC4CCCCC4C32C=C1. The van der Waals surface area contributed by atoms with Crippen LogP contribution < -0.4 is 4.74 Å². The third-order valence-electron chi connectivity index (χ3n) is 5.68. The van der Waals surface area contributed by atoms with E-state index < -0.39 is 0 Å². The van der Waals surface area contributed by atoms with Gasteiger partial charge in [-0.15, -0.1) is 0 Å². The molecule has 1 fully saturated rings. The molecule has 4 unspecified atom stereocenters. The number of aliphatic imine (C=N–C) groups is 1. The van der Waals surface area contributed by atoms with Gasteiger partial charge in [0.1, 0.15) is 11.9 Å². The molecular weight excluding hydrogens is 258 g/mol. The zero-order valence-electron chi connectivity index (χ0n) is 12.0. The lowest BCUT2D eigenvalue weighted by Gasteiger charge is -2.46. The van der Waals surface area contributed by atoms with Gasteiger partial charge in [-0.1, -0.05) is 43.2 Å². The number of benzene rings is 1.